The average Bonchev–Trinajstić information content (AvgIpc) is 2.26. The Labute approximate surface area is 83.9 Å². The van der Waals surface area contributed by atoms with E-state index in [-0.39, 0.29) is 12.0 Å². The van der Waals surface area contributed by atoms with Crippen molar-refractivity contribution in [1.29, 1.82) is 0 Å². The highest BCUT2D eigenvalue weighted by molar-refractivity contribution is 5.79. The monoisotopic (exact) mass is 202 g/mol. The topological polar surface area (TPSA) is 73.6 Å². The molecule has 2 unspecified atom stereocenters. The smallest absolute Gasteiger partial charge is 0.262 e. The molecule has 5 nitrogen and oxygen atoms in total. The first-order valence-corrected chi connectivity index (χ1v) is 4.97. The van der Waals surface area contributed by atoms with Crippen molar-refractivity contribution in [3.8, 4) is 0 Å². The van der Waals surface area contributed by atoms with Crippen LogP contribution in [0, 0.1) is 0 Å². The van der Waals surface area contributed by atoms with Crippen molar-refractivity contribution in [3.63, 3.8) is 0 Å². The van der Waals surface area contributed by atoms with Crippen LogP contribution in [0.4, 0.5) is 0 Å². The van der Waals surface area contributed by atoms with E-state index in [9.17, 15) is 4.79 Å². The number of hydrogen-bond donors (Lipinski definition) is 2. The summed E-state index contributed by atoms with van der Waals surface area (Å²) >= 11 is 0. The second-order valence-electron chi connectivity index (χ2n) is 3.47. The van der Waals surface area contributed by atoms with E-state index < -0.39 is 6.10 Å². The summed E-state index contributed by atoms with van der Waals surface area (Å²) in [4.78, 5) is 11.0. The first-order chi connectivity index (χ1) is 6.74. The molecule has 0 spiro atoms. The van der Waals surface area contributed by atoms with E-state index in [1.54, 1.807) is 6.92 Å². The minimum absolute atomic E-state index is 0.136. The Morgan fingerprint density at radius 2 is 2.50 bits per heavy atom. The lowest BCUT2D eigenvalue weighted by molar-refractivity contribution is -0.135. The molecule has 1 aliphatic rings. The molecule has 1 amide bonds. The Morgan fingerprint density at radius 1 is 1.71 bits per heavy atom. The molecular formula is C9H18N2O3. The molecule has 5 heteroatoms. The number of carbonyl (C=O) groups is 1. The van der Waals surface area contributed by atoms with Gasteiger partial charge in [0.15, 0.2) is 0 Å². The van der Waals surface area contributed by atoms with Crippen LogP contribution in [-0.4, -0.2) is 31.3 Å². The molecule has 1 rings (SSSR count). The van der Waals surface area contributed by atoms with Gasteiger partial charge in [-0.1, -0.05) is 0 Å². The molecule has 0 aromatic rings. The van der Waals surface area contributed by atoms with Crippen molar-refractivity contribution in [3.05, 3.63) is 0 Å². The van der Waals surface area contributed by atoms with E-state index in [0.29, 0.717) is 6.61 Å². The number of carbonyl (C=O) groups excluding carboxylic acids is 1. The van der Waals surface area contributed by atoms with E-state index in [1.807, 2.05) is 5.43 Å². The Balaban J connectivity index is 2.15. The van der Waals surface area contributed by atoms with E-state index in [1.165, 1.54) is 6.42 Å². The molecule has 1 saturated heterocycles. The Bertz CT molecular complexity index is 181. The molecule has 0 bridgehead atoms. The van der Waals surface area contributed by atoms with Crippen LogP contribution in [0.1, 0.15) is 26.2 Å². The maximum Gasteiger partial charge on any atom is 0.262 e. The fourth-order valence-electron chi connectivity index (χ4n) is 1.38. The third-order valence-corrected chi connectivity index (χ3v) is 2.32. The summed E-state index contributed by atoms with van der Waals surface area (Å²) in [6.45, 7) is 2.94. The van der Waals surface area contributed by atoms with E-state index >= 15 is 0 Å². The molecule has 0 aromatic heterocycles. The molecule has 1 fully saturated rings. The summed E-state index contributed by atoms with van der Waals surface area (Å²) in [5.41, 5.74) is 2.05. The van der Waals surface area contributed by atoms with Crippen molar-refractivity contribution in [2.75, 3.05) is 13.2 Å². The maximum absolute atomic E-state index is 11.0. The van der Waals surface area contributed by atoms with E-state index in [0.717, 1.165) is 19.4 Å². The predicted molar refractivity (Wildman–Crippen MR) is 51.3 cm³/mol. The normalized spacial score (nSPS) is 24.3. The minimum atomic E-state index is -0.509. The third kappa shape index (κ3) is 3.61. The Hall–Kier alpha value is -0.650. The number of hydrazine groups is 1. The minimum Gasteiger partial charge on any atom is -0.376 e. The summed E-state index contributed by atoms with van der Waals surface area (Å²) in [6, 6.07) is 0. The van der Waals surface area contributed by atoms with Gasteiger partial charge in [0.1, 0.15) is 6.10 Å². The van der Waals surface area contributed by atoms with Gasteiger partial charge in [0.2, 0.25) is 0 Å². The highest BCUT2D eigenvalue weighted by atomic mass is 16.5. The third-order valence-electron chi connectivity index (χ3n) is 2.32. The summed E-state index contributed by atoms with van der Waals surface area (Å²) in [6.07, 6.45) is 2.93. The second-order valence-corrected chi connectivity index (χ2v) is 3.47. The highest BCUT2D eigenvalue weighted by Gasteiger charge is 2.17. The van der Waals surface area contributed by atoms with Crippen LogP contribution < -0.4 is 11.3 Å². The Morgan fingerprint density at radius 3 is 3.07 bits per heavy atom. The number of nitrogens with two attached hydrogens (primary N) is 1. The van der Waals surface area contributed by atoms with Gasteiger partial charge in [0, 0.05) is 6.61 Å². The molecule has 0 saturated carbocycles. The van der Waals surface area contributed by atoms with Crippen LogP contribution in [0.2, 0.25) is 0 Å². The van der Waals surface area contributed by atoms with Crippen LogP contribution in [0.5, 0.6) is 0 Å². The lowest BCUT2D eigenvalue weighted by Crippen LogP contribution is -2.40. The standard InChI is InChI=1S/C9H18N2O3/c1-7(9(12)11-10)14-6-8-4-2-3-5-13-8/h7-8H,2-6,10H2,1H3,(H,11,12). The van der Waals surface area contributed by atoms with Crippen molar-refractivity contribution < 1.29 is 14.3 Å². The second kappa shape index (κ2) is 5.95. The van der Waals surface area contributed by atoms with Crippen LogP contribution in [-0.2, 0) is 14.3 Å². The van der Waals surface area contributed by atoms with Crippen LogP contribution in [0.3, 0.4) is 0 Å². The molecule has 2 atom stereocenters. The molecule has 3 N–H and O–H groups in total. The summed E-state index contributed by atoms with van der Waals surface area (Å²) in [7, 11) is 0. The summed E-state index contributed by atoms with van der Waals surface area (Å²) < 4.78 is 10.8. The van der Waals surface area contributed by atoms with Gasteiger partial charge in [-0.25, -0.2) is 5.84 Å². The van der Waals surface area contributed by atoms with Gasteiger partial charge in [-0.2, -0.15) is 0 Å². The number of rotatable bonds is 4. The number of ether oxygens (including phenoxy) is 2. The zero-order valence-electron chi connectivity index (χ0n) is 8.49. The number of amides is 1. The highest BCUT2D eigenvalue weighted by Crippen LogP contribution is 2.13. The molecular weight excluding hydrogens is 184 g/mol. The van der Waals surface area contributed by atoms with Gasteiger partial charge >= 0.3 is 0 Å². The lowest BCUT2D eigenvalue weighted by atomic mass is 10.1. The molecule has 0 aromatic carbocycles. The average molecular weight is 202 g/mol. The van der Waals surface area contributed by atoms with Gasteiger partial charge in [-0.15, -0.1) is 0 Å². The SMILES string of the molecule is CC(OCC1CCCCO1)C(=O)NN. The van der Waals surface area contributed by atoms with Crippen LogP contribution in [0.25, 0.3) is 0 Å². The molecule has 0 radical (unpaired) electrons. The summed E-state index contributed by atoms with van der Waals surface area (Å²) in [5, 5.41) is 0. The van der Waals surface area contributed by atoms with Crippen LogP contribution >= 0.6 is 0 Å². The number of nitrogens with one attached hydrogen (secondary N) is 1. The van der Waals surface area contributed by atoms with Crippen molar-refractivity contribution in [2.24, 2.45) is 5.84 Å². The quantitative estimate of drug-likeness (QED) is 0.381. The predicted octanol–water partition coefficient (Wildman–Crippen LogP) is -0.0495. The molecule has 82 valence electrons. The number of hydrogen-bond acceptors (Lipinski definition) is 4. The fourth-order valence-corrected chi connectivity index (χ4v) is 1.38. The van der Waals surface area contributed by atoms with Gasteiger partial charge in [0.05, 0.1) is 12.7 Å². The summed E-state index contributed by atoms with van der Waals surface area (Å²) in [5.74, 6) is 4.67. The molecule has 1 aliphatic heterocycles. The Kier molecular flexibility index (Phi) is 4.86. The van der Waals surface area contributed by atoms with Gasteiger partial charge < -0.3 is 9.47 Å². The van der Waals surface area contributed by atoms with E-state index in [4.69, 9.17) is 15.3 Å². The molecule has 1 heterocycles. The van der Waals surface area contributed by atoms with Crippen molar-refractivity contribution >= 4 is 5.91 Å². The molecule has 14 heavy (non-hydrogen) atoms. The van der Waals surface area contributed by atoms with Gasteiger partial charge in [-0.3, -0.25) is 10.2 Å². The zero-order chi connectivity index (χ0) is 10.4. The van der Waals surface area contributed by atoms with Gasteiger partial charge in [0.25, 0.3) is 5.91 Å². The first-order valence-electron chi connectivity index (χ1n) is 4.97. The van der Waals surface area contributed by atoms with Crippen molar-refractivity contribution in [1.82, 2.24) is 5.43 Å². The fraction of sp³-hybridized carbons (Fsp3) is 0.889. The largest absolute Gasteiger partial charge is 0.376 e. The first kappa shape index (κ1) is 11.4. The zero-order valence-corrected chi connectivity index (χ0v) is 8.49. The molecule has 0 aliphatic carbocycles. The van der Waals surface area contributed by atoms with Crippen molar-refractivity contribution in [2.45, 2.75) is 38.4 Å². The van der Waals surface area contributed by atoms with Gasteiger partial charge in [-0.05, 0) is 26.2 Å². The van der Waals surface area contributed by atoms with E-state index in [2.05, 4.69) is 0 Å². The lowest BCUT2D eigenvalue weighted by Gasteiger charge is -2.23. The van der Waals surface area contributed by atoms with Crippen LogP contribution in [0.15, 0.2) is 0 Å². The maximum atomic E-state index is 11.0.